The molecule has 1 aliphatic rings. The van der Waals surface area contributed by atoms with Gasteiger partial charge in [-0.05, 0) is 30.5 Å². The summed E-state index contributed by atoms with van der Waals surface area (Å²) >= 11 is 2.73. The highest BCUT2D eigenvalue weighted by Gasteiger charge is 2.35. The van der Waals surface area contributed by atoms with Crippen LogP contribution in [0.4, 0.5) is 0 Å². The summed E-state index contributed by atoms with van der Waals surface area (Å²) in [6.07, 6.45) is 3.63. The summed E-state index contributed by atoms with van der Waals surface area (Å²) in [5.41, 5.74) is 8.41. The van der Waals surface area contributed by atoms with Crippen molar-refractivity contribution in [1.29, 1.82) is 0 Å². The minimum absolute atomic E-state index is 0.0251. The second-order valence-corrected chi connectivity index (χ2v) is 11.1. The number of nitrogens with two attached hydrogens (primary N) is 1. The van der Waals surface area contributed by atoms with E-state index in [-0.39, 0.29) is 18.7 Å². The molecule has 8 nitrogen and oxygen atoms in total. The molecule has 40 heavy (non-hydrogen) atoms. The molecule has 3 aromatic heterocycles. The number of thiazole rings is 1. The van der Waals surface area contributed by atoms with Crippen LogP contribution in [0.1, 0.15) is 29.0 Å². The minimum Gasteiger partial charge on any atom is -0.463 e. The monoisotopic (exact) mass is 568 g/mol. The number of carbonyl (C=O) groups is 2. The number of amides is 1. The number of aromatic nitrogens is 2. The third-order valence-electron chi connectivity index (χ3n) is 6.62. The first-order valence-corrected chi connectivity index (χ1v) is 14.3. The average molecular weight is 569 g/mol. The molecule has 0 saturated heterocycles. The van der Waals surface area contributed by atoms with Gasteiger partial charge in [-0.3, -0.25) is 14.2 Å². The Kier molecular flexibility index (Phi) is 6.79. The van der Waals surface area contributed by atoms with E-state index in [4.69, 9.17) is 15.5 Å². The molecule has 2 N–H and O–H groups in total. The Balaban J connectivity index is 1.62. The Morgan fingerprint density at radius 3 is 2.58 bits per heavy atom. The predicted molar refractivity (Wildman–Crippen MR) is 157 cm³/mol. The van der Waals surface area contributed by atoms with Gasteiger partial charge in [0.1, 0.15) is 12.6 Å². The smallest absolute Gasteiger partial charge is 0.338 e. The van der Waals surface area contributed by atoms with E-state index in [1.807, 2.05) is 84.4 Å². The number of carbonyl (C=O) groups excluding carboxylic acids is 2. The summed E-state index contributed by atoms with van der Waals surface area (Å²) < 4.78 is 9.31. The van der Waals surface area contributed by atoms with E-state index in [9.17, 15) is 14.4 Å². The zero-order valence-electron chi connectivity index (χ0n) is 21.4. The number of hydrogen-bond acceptors (Lipinski definition) is 7. The maximum Gasteiger partial charge on any atom is 0.338 e. The third kappa shape index (κ3) is 4.51. The van der Waals surface area contributed by atoms with Crippen molar-refractivity contribution in [3.05, 3.63) is 120 Å². The van der Waals surface area contributed by atoms with Gasteiger partial charge in [0, 0.05) is 33.1 Å². The van der Waals surface area contributed by atoms with Gasteiger partial charge < -0.3 is 15.0 Å². The topological polar surface area (TPSA) is 109 Å². The number of rotatable bonds is 7. The van der Waals surface area contributed by atoms with Crippen molar-refractivity contribution in [3.63, 3.8) is 0 Å². The van der Waals surface area contributed by atoms with E-state index >= 15 is 0 Å². The molecule has 200 valence electrons. The van der Waals surface area contributed by atoms with Gasteiger partial charge in [0.2, 0.25) is 5.91 Å². The largest absolute Gasteiger partial charge is 0.463 e. The summed E-state index contributed by atoms with van der Waals surface area (Å²) in [6.45, 7) is 1.98. The first kappa shape index (κ1) is 25.7. The molecule has 0 bridgehead atoms. The molecular weight excluding hydrogens is 544 g/mol. The molecule has 4 heterocycles. The lowest BCUT2D eigenvalue weighted by atomic mass is 9.97. The number of fused-ring (bicyclic) bond motifs is 2. The van der Waals surface area contributed by atoms with Crippen molar-refractivity contribution < 1.29 is 14.3 Å². The maximum absolute atomic E-state index is 14.0. The van der Waals surface area contributed by atoms with E-state index in [1.165, 1.54) is 22.7 Å². The van der Waals surface area contributed by atoms with Crippen LogP contribution in [0.2, 0.25) is 0 Å². The van der Waals surface area contributed by atoms with Crippen LogP contribution >= 0.6 is 22.7 Å². The second kappa shape index (κ2) is 10.6. The van der Waals surface area contributed by atoms with Crippen molar-refractivity contribution in [3.8, 4) is 0 Å². The van der Waals surface area contributed by atoms with Crippen LogP contribution < -0.4 is 20.6 Å². The summed E-state index contributed by atoms with van der Waals surface area (Å²) in [4.78, 5) is 45.4. The van der Waals surface area contributed by atoms with Crippen molar-refractivity contribution in [2.75, 3.05) is 6.61 Å². The Morgan fingerprint density at radius 2 is 1.85 bits per heavy atom. The van der Waals surface area contributed by atoms with Crippen LogP contribution in [0.25, 0.3) is 22.7 Å². The molecule has 1 amide bonds. The highest BCUT2D eigenvalue weighted by molar-refractivity contribution is 7.10. The van der Waals surface area contributed by atoms with Gasteiger partial charge in [-0.25, -0.2) is 9.79 Å². The molecule has 1 aliphatic heterocycles. The fourth-order valence-corrected chi connectivity index (χ4v) is 6.80. The van der Waals surface area contributed by atoms with Crippen molar-refractivity contribution in [1.82, 2.24) is 9.13 Å². The van der Waals surface area contributed by atoms with Crippen LogP contribution in [-0.4, -0.2) is 27.6 Å². The Labute approximate surface area is 236 Å². The van der Waals surface area contributed by atoms with Crippen LogP contribution in [0.15, 0.2) is 93.7 Å². The van der Waals surface area contributed by atoms with Gasteiger partial charge in [-0.2, -0.15) is 0 Å². The number of esters is 1. The normalized spacial score (nSPS) is 15.2. The highest BCUT2D eigenvalue weighted by Crippen LogP contribution is 2.36. The number of thiophene rings is 1. The van der Waals surface area contributed by atoms with Gasteiger partial charge >= 0.3 is 5.97 Å². The zero-order valence-corrected chi connectivity index (χ0v) is 23.1. The molecule has 10 heteroatoms. The number of benzene rings is 2. The van der Waals surface area contributed by atoms with Crippen LogP contribution in [0.5, 0.6) is 0 Å². The van der Waals surface area contributed by atoms with Crippen molar-refractivity contribution in [2.24, 2.45) is 10.7 Å². The summed E-state index contributed by atoms with van der Waals surface area (Å²) in [7, 11) is 0. The van der Waals surface area contributed by atoms with E-state index < -0.39 is 17.9 Å². The summed E-state index contributed by atoms with van der Waals surface area (Å²) in [5.74, 6) is -0.963. The lowest BCUT2D eigenvalue weighted by Crippen LogP contribution is -2.39. The minimum atomic E-state index is -0.691. The molecule has 1 atom stereocenters. The van der Waals surface area contributed by atoms with Crippen LogP contribution in [0, 0.1) is 0 Å². The number of nitrogens with zero attached hydrogens (tertiary/aromatic N) is 3. The van der Waals surface area contributed by atoms with E-state index in [0.29, 0.717) is 20.6 Å². The summed E-state index contributed by atoms with van der Waals surface area (Å²) in [6, 6.07) is 20.2. The van der Waals surface area contributed by atoms with Crippen LogP contribution in [0.3, 0.4) is 0 Å². The molecule has 0 saturated carbocycles. The molecule has 0 radical (unpaired) electrons. The molecule has 0 fully saturated rings. The molecular formula is C30H24N4O4S2. The SMILES string of the molecule is CCOC(=O)C1=C(c2ccccc2)N=c2s/c(=C/c3cn(CC(N)=O)c4ccccc34)c(=O)n2[C@@H]1c1cccs1. The fourth-order valence-electron chi connectivity index (χ4n) is 4.99. The average Bonchev–Trinajstić information content (AvgIpc) is 3.68. The molecule has 5 aromatic rings. The van der Waals surface area contributed by atoms with Crippen LogP contribution in [-0.2, 0) is 20.9 Å². The number of ether oxygens (including phenoxy) is 1. The lowest BCUT2D eigenvalue weighted by molar-refractivity contribution is -0.138. The third-order valence-corrected chi connectivity index (χ3v) is 8.53. The number of primary amides is 1. The molecule has 6 rings (SSSR count). The van der Waals surface area contributed by atoms with Crippen molar-refractivity contribution >= 4 is 57.2 Å². The van der Waals surface area contributed by atoms with Gasteiger partial charge in [0.05, 0.1) is 22.4 Å². The predicted octanol–water partition coefficient (Wildman–Crippen LogP) is 3.44. The van der Waals surface area contributed by atoms with E-state index in [2.05, 4.69) is 0 Å². The Morgan fingerprint density at radius 1 is 1.07 bits per heavy atom. The maximum atomic E-state index is 14.0. The van der Waals surface area contributed by atoms with E-state index in [1.54, 1.807) is 16.1 Å². The number of para-hydroxylation sites is 1. The zero-order chi connectivity index (χ0) is 27.8. The van der Waals surface area contributed by atoms with Gasteiger partial charge in [0.25, 0.3) is 5.56 Å². The Bertz CT molecular complexity index is 1970. The standard InChI is InChI=1S/C30H24N4O4S2/c1-2-38-29(37)25-26(18-9-4-3-5-10-18)32-30-34(27(25)22-13-8-14-39-22)28(36)23(40-30)15-19-16-33(17-24(31)35)21-12-7-6-11-20(19)21/h3-16,27H,2,17H2,1H3,(H2,31,35)/b23-15+/t27-/m1/s1. The van der Waals surface area contributed by atoms with E-state index in [0.717, 1.165) is 26.9 Å². The van der Waals surface area contributed by atoms with Gasteiger partial charge in [-0.1, -0.05) is 65.9 Å². The second-order valence-electron chi connectivity index (χ2n) is 9.14. The van der Waals surface area contributed by atoms with Crippen molar-refractivity contribution in [2.45, 2.75) is 19.5 Å². The van der Waals surface area contributed by atoms with Gasteiger partial charge in [0.15, 0.2) is 4.80 Å². The Hall–Kier alpha value is -4.54. The quantitative estimate of drug-likeness (QED) is 0.304. The number of hydrogen-bond donors (Lipinski definition) is 1. The molecule has 0 spiro atoms. The van der Waals surface area contributed by atoms with Gasteiger partial charge in [-0.15, -0.1) is 11.3 Å². The molecule has 0 aliphatic carbocycles. The first-order valence-electron chi connectivity index (χ1n) is 12.6. The summed E-state index contributed by atoms with van der Waals surface area (Å²) in [5, 5.41) is 2.81. The lowest BCUT2D eigenvalue weighted by Gasteiger charge is -2.24. The first-order chi connectivity index (χ1) is 19.5. The molecule has 2 aromatic carbocycles. The molecule has 0 unspecified atom stereocenters. The highest BCUT2D eigenvalue weighted by atomic mass is 32.1. The fraction of sp³-hybridized carbons (Fsp3) is 0.133.